The number of piperidine rings is 1. The van der Waals surface area contributed by atoms with Crippen molar-refractivity contribution in [2.24, 2.45) is 0 Å². The molecule has 3 aromatic rings. The fourth-order valence-corrected chi connectivity index (χ4v) is 4.13. The molecule has 0 radical (unpaired) electrons. The Hall–Kier alpha value is -3.64. The molecule has 5 rings (SSSR count). The molecule has 190 valence electrons. The highest BCUT2D eigenvalue weighted by atomic mass is 19.3. The van der Waals surface area contributed by atoms with Crippen LogP contribution in [0, 0.1) is 11.6 Å². The summed E-state index contributed by atoms with van der Waals surface area (Å²) >= 11 is 0. The Kier molecular flexibility index (Phi) is 6.08. The van der Waals surface area contributed by atoms with Crippen molar-refractivity contribution in [1.29, 1.82) is 0 Å². The number of hydrogen-bond donors (Lipinski definition) is 0. The van der Waals surface area contributed by atoms with E-state index < -0.39 is 42.0 Å². The summed E-state index contributed by atoms with van der Waals surface area (Å²) in [5.74, 6) is -5.46. The molecule has 1 atom stereocenters. The van der Waals surface area contributed by atoms with Crippen molar-refractivity contribution in [3.8, 4) is 17.1 Å². The van der Waals surface area contributed by atoms with Gasteiger partial charge in [0, 0.05) is 44.5 Å². The van der Waals surface area contributed by atoms with E-state index in [0.717, 1.165) is 18.2 Å². The van der Waals surface area contributed by atoms with Crippen LogP contribution in [0.1, 0.15) is 37.4 Å². The van der Waals surface area contributed by atoms with E-state index in [9.17, 15) is 31.1 Å². The van der Waals surface area contributed by atoms with Gasteiger partial charge in [-0.3, -0.25) is 4.79 Å². The standard InChI is InChI=1S/C23H19F6N5O2/c24-12-1-3-18(15(25)9-12)36-13-5-7-33(8-6-13)21-20(16-2-4-19(35)34(32-16)22(26)27)31-17(11-30-21)14-10-23(14,28)29/h1-4,9,11,13-14,22H,5-8,10H2. The van der Waals surface area contributed by atoms with Gasteiger partial charge >= 0.3 is 6.55 Å². The molecule has 2 aromatic heterocycles. The second-order valence-electron chi connectivity index (χ2n) is 8.64. The number of nitrogens with zero attached hydrogens (tertiary/aromatic N) is 5. The predicted molar refractivity (Wildman–Crippen MR) is 115 cm³/mol. The molecular weight excluding hydrogens is 492 g/mol. The van der Waals surface area contributed by atoms with Crippen LogP contribution in [0.15, 0.2) is 41.3 Å². The number of benzene rings is 1. The lowest BCUT2D eigenvalue weighted by Gasteiger charge is -2.33. The summed E-state index contributed by atoms with van der Waals surface area (Å²) in [5.41, 5.74) is -1.15. The van der Waals surface area contributed by atoms with Crippen LogP contribution >= 0.6 is 0 Å². The Morgan fingerprint density at radius 2 is 1.81 bits per heavy atom. The average Bonchev–Trinajstić information content (AvgIpc) is 3.49. The van der Waals surface area contributed by atoms with Gasteiger partial charge in [0.25, 0.3) is 11.5 Å². The Morgan fingerprint density at radius 1 is 1.08 bits per heavy atom. The predicted octanol–water partition coefficient (Wildman–Crippen LogP) is 4.54. The summed E-state index contributed by atoms with van der Waals surface area (Å²) in [5, 5.41) is 3.68. The van der Waals surface area contributed by atoms with Crippen molar-refractivity contribution in [1.82, 2.24) is 19.7 Å². The van der Waals surface area contributed by atoms with Crippen LogP contribution in [0.25, 0.3) is 11.4 Å². The minimum Gasteiger partial charge on any atom is -0.487 e. The highest BCUT2D eigenvalue weighted by Crippen LogP contribution is 2.55. The van der Waals surface area contributed by atoms with Crippen LogP contribution in [0.3, 0.4) is 0 Å². The van der Waals surface area contributed by atoms with Gasteiger partial charge in [0.1, 0.15) is 23.3 Å². The molecule has 2 fully saturated rings. The average molecular weight is 511 g/mol. The molecule has 1 aliphatic carbocycles. The molecule has 7 nitrogen and oxygen atoms in total. The van der Waals surface area contributed by atoms with Gasteiger partial charge in [-0.25, -0.2) is 27.5 Å². The summed E-state index contributed by atoms with van der Waals surface area (Å²) in [6.45, 7) is -2.53. The van der Waals surface area contributed by atoms with Crippen LogP contribution in [-0.2, 0) is 0 Å². The van der Waals surface area contributed by atoms with Crippen molar-refractivity contribution in [3.05, 3.63) is 64.2 Å². The number of halogens is 6. The molecule has 1 saturated carbocycles. The third kappa shape index (κ3) is 4.73. The monoisotopic (exact) mass is 511 g/mol. The number of anilines is 1. The first-order valence-electron chi connectivity index (χ1n) is 11.1. The Bertz CT molecular complexity index is 1340. The molecule has 1 aliphatic heterocycles. The van der Waals surface area contributed by atoms with E-state index in [1.54, 1.807) is 4.90 Å². The van der Waals surface area contributed by atoms with E-state index in [0.29, 0.717) is 25.9 Å². The van der Waals surface area contributed by atoms with Gasteiger partial charge in [0.15, 0.2) is 17.4 Å². The first-order valence-corrected chi connectivity index (χ1v) is 11.1. The fourth-order valence-electron chi connectivity index (χ4n) is 4.13. The summed E-state index contributed by atoms with van der Waals surface area (Å²) in [7, 11) is 0. The zero-order valence-corrected chi connectivity index (χ0v) is 18.6. The smallest absolute Gasteiger partial charge is 0.336 e. The molecule has 1 saturated heterocycles. The van der Waals surface area contributed by atoms with Gasteiger partial charge in [-0.1, -0.05) is 0 Å². The van der Waals surface area contributed by atoms with Gasteiger partial charge < -0.3 is 9.64 Å². The zero-order chi connectivity index (χ0) is 25.6. The number of alkyl halides is 4. The maximum atomic E-state index is 13.9. The first-order chi connectivity index (χ1) is 17.1. The molecule has 3 heterocycles. The highest BCUT2D eigenvalue weighted by molar-refractivity contribution is 5.69. The van der Waals surface area contributed by atoms with E-state index in [1.807, 2.05) is 0 Å². The quantitative estimate of drug-likeness (QED) is 0.453. The third-order valence-corrected chi connectivity index (χ3v) is 6.14. The van der Waals surface area contributed by atoms with E-state index >= 15 is 0 Å². The van der Waals surface area contributed by atoms with Crippen molar-refractivity contribution < 1.29 is 31.1 Å². The van der Waals surface area contributed by atoms with Gasteiger partial charge in [-0.15, -0.1) is 0 Å². The molecule has 36 heavy (non-hydrogen) atoms. The van der Waals surface area contributed by atoms with Gasteiger partial charge in [0.05, 0.1) is 17.8 Å². The normalized spacial score (nSPS) is 19.5. The van der Waals surface area contributed by atoms with Crippen LogP contribution < -0.4 is 15.2 Å². The summed E-state index contributed by atoms with van der Waals surface area (Å²) < 4.78 is 86.6. The van der Waals surface area contributed by atoms with Crippen LogP contribution in [0.5, 0.6) is 5.75 Å². The zero-order valence-electron chi connectivity index (χ0n) is 18.6. The van der Waals surface area contributed by atoms with E-state index in [4.69, 9.17) is 4.74 Å². The summed E-state index contributed by atoms with van der Waals surface area (Å²) in [6, 6.07) is 5.11. The molecule has 1 aromatic carbocycles. The first kappa shape index (κ1) is 24.1. The van der Waals surface area contributed by atoms with Crippen LogP contribution in [0.2, 0.25) is 0 Å². The number of rotatable bonds is 6. The van der Waals surface area contributed by atoms with Crippen molar-refractivity contribution in [2.75, 3.05) is 18.0 Å². The third-order valence-electron chi connectivity index (χ3n) is 6.14. The SMILES string of the molecule is O=c1ccc(-c2nc(C3CC3(F)F)cnc2N2CCC(Oc3ccc(F)cc3F)CC2)nn1C(F)F. The minimum atomic E-state index is -3.20. The molecule has 1 unspecified atom stereocenters. The second kappa shape index (κ2) is 9.10. The Balaban J connectivity index is 1.41. The molecule has 0 spiro atoms. The van der Waals surface area contributed by atoms with Crippen LogP contribution in [-0.4, -0.2) is 44.9 Å². The van der Waals surface area contributed by atoms with Gasteiger partial charge in [0.2, 0.25) is 0 Å². The number of aromatic nitrogens is 4. The van der Waals surface area contributed by atoms with E-state index in [-0.39, 0.29) is 39.4 Å². The van der Waals surface area contributed by atoms with Gasteiger partial charge in [-0.2, -0.15) is 18.6 Å². The molecule has 0 N–H and O–H groups in total. The van der Waals surface area contributed by atoms with Gasteiger partial charge in [-0.05, 0) is 18.2 Å². The minimum absolute atomic E-state index is 0.000325. The van der Waals surface area contributed by atoms with Crippen LogP contribution in [0.4, 0.5) is 32.2 Å². The van der Waals surface area contributed by atoms with E-state index in [1.165, 1.54) is 18.3 Å². The van der Waals surface area contributed by atoms with E-state index in [2.05, 4.69) is 15.1 Å². The molecule has 0 bridgehead atoms. The second-order valence-corrected chi connectivity index (χ2v) is 8.64. The van der Waals surface area contributed by atoms with Crippen molar-refractivity contribution >= 4 is 5.82 Å². The Morgan fingerprint density at radius 3 is 2.44 bits per heavy atom. The van der Waals surface area contributed by atoms with Crippen molar-refractivity contribution in [3.63, 3.8) is 0 Å². The fraction of sp³-hybridized carbons (Fsp3) is 0.391. The largest absolute Gasteiger partial charge is 0.487 e. The molecule has 0 amide bonds. The Labute approximate surface area is 200 Å². The highest BCUT2D eigenvalue weighted by Gasteiger charge is 2.58. The lowest BCUT2D eigenvalue weighted by molar-refractivity contribution is 0.0514. The summed E-state index contributed by atoms with van der Waals surface area (Å²) in [4.78, 5) is 22.1. The number of ether oxygens (including phenoxy) is 1. The maximum absolute atomic E-state index is 13.9. The molecular formula is C23H19F6N5O2. The van der Waals surface area contributed by atoms with Crippen molar-refractivity contribution in [2.45, 2.75) is 43.8 Å². The topological polar surface area (TPSA) is 73.1 Å². The maximum Gasteiger partial charge on any atom is 0.336 e. The lowest BCUT2D eigenvalue weighted by Crippen LogP contribution is -2.39. The number of hydrogen-bond acceptors (Lipinski definition) is 6. The molecule has 13 heteroatoms. The lowest BCUT2D eigenvalue weighted by atomic mass is 10.1. The summed E-state index contributed by atoms with van der Waals surface area (Å²) in [6.07, 6.45) is 1.26. The molecule has 2 aliphatic rings.